The Bertz CT molecular complexity index is 544. The van der Waals surface area contributed by atoms with Gasteiger partial charge in [0, 0.05) is 19.2 Å². The standard InChI is InChI=1S/C16H21F3N2O2/c1-3-4-5-9-20-15(23)11-21(12(2)22)14-8-6-7-13(10-14)16(17,18)19/h6-8,10H,3-5,9,11H2,1-2H3,(H,20,23). The van der Waals surface area contributed by atoms with Crippen LogP contribution in [0.2, 0.25) is 0 Å². The predicted molar refractivity (Wildman–Crippen MR) is 82.0 cm³/mol. The van der Waals surface area contributed by atoms with Gasteiger partial charge in [-0.25, -0.2) is 0 Å². The van der Waals surface area contributed by atoms with Crippen molar-refractivity contribution in [2.24, 2.45) is 0 Å². The molecule has 23 heavy (non-hydrogen) atoms. The number of carbonyl (C=O) groups excluding carboxylic acids is 2. The highest BCUT2D eigenvalue weighted by Crippen LogP contribution is 2.31. The van der Waals surface area contributed by atoms with Crippen molar-refractivity contribution in [1.29, 1.82) is 0 Å². The highest BCUT2D eigenvalue weighted by atomic mass is 19.4. The fourth-order valence-electron chi connectivity index (χ4n) is 2.04. The number of carbonyl (C=O) groups is 2. The van der Waals surface area contributed by atoms with E-state index >= 15 is 0 Å². The first-order chi connectivity index (χ1) is 10.8. The molecule has 1 aromatic rings. The van der Waals surface area contributed by atoms with E-state index in [1.807, 2.05) is 6.92 Å². The Morgan fingerprint density at radius 2 is 1.91 bits per heavy atom. The maximum atomic E-state index is 12.8. The highest BCUT2D eigenvalue weighted by Gasteiger charge is 2.31. The number of amides is 2. The van der Waals surface area contributed by atoms with Crippen LogP contribution in [0.3, 0.4) is 0 Å². The zero-order chi connectivity index (χ0) is 17.5. The van der Waals surface area contributed by atoms with Gasteiger partial charge >= 0.3 is 6.18 Å². The van der Waals surface area contributed by atoms with Gasteiger partial charge in [0.15, 0.2) is 0 Å². The average Bonchev–Trinajstić information content (AvgIpc) is 2.48. The number of rotatable bonds is 7. The van der Waals surface area contributed by atoms with Crippen LogP contribution in [0, 0.1) is 0 Å². The van der Waals surface area contributed by atoms with Gasteiger partial charge in [-0.2, -0.15) is 13.2 Å². The molecule has 2 amide bonds. The van der Waals surface area contributed by atoms with Crippen LogP contribution in [0.4, 0.5) is 18.9 Å². The van der Waals surface area contributed by atoms with Crippen molar-refractivity contribution in [3.63, 3.8) is 0 Å². The van der Waals surface area contributed by atoms with Crippen molar-refractivity contribution in [2.45, 2.75) is 39.3 Å². The molecule has 0 spiro atoms. The molecule has 1 rings (SSSR count). The number of benzene rings is 1. The van der Waals surface area contributed by atoms with Gasteiger partial charge in [-0.1, -0.05) is 25.8 Å². The van der Waals surface area contributed by atoms with E-state index in [1.54, 1.807) is 0 Å². The van der Waals surface area contributed by atoms with Crippen LogP contribution in [0.5, 0.6) is 0 Å². The van der Waals surface area contributed by atoms with Gasteiger partial charge in [0.05, 0.1) is 5.56 Å². The summed E-state index contributed by atoms with van der Waals surface area (Å²) in [6.07, 6.45) is -1.68. The summed E-state index contributed by atoms with van der Waals surface area (Å²) in [5, 5.41) is 2.66. The predicted octanol–water partition coefficient (Wildman–Crippen LogP) is 3.36. The fourth-order valence-corrected chi connectivity index (χ4v) is 2.04. The van der Waals surface area contributed by atoms with Crippen LogP contribution in [0.1, 0.15) is 38.7 Å². The molecule has 0 unspecified atom stereocenters. The first-order valence-electron chi connectivity index (χ1n) is 7.47. The summed E-state index contributed by atoms with van der Waals surface area (Å²) in [7, 11) is 0. The van der Waals surface area contributed by atoms with Crippen LogP contribution < -0.4 is 10.2 Å². The van der Waals surface area contributed by atoms with E-state index in [4.69, 9.17) is 0 Å². The number of alkyl halides is 3. The largest absolute Gasteiger partial charge is 0.416 e. The smallest absolute Gasteiger partial charge is 0.355 e. The molecular formula is C16H21F3N2O2. The van der Waals surface area contributed by atoms with Crippen LogP contribution >= 0.6 is 0 Å². The molecule has 0 fully saturated rings. The van der Waals surface area contributed by atoms with E-state index in [0.29, 0.717) is 6.54 Å². The molecular weight excluding hydrogens is 309 g/mol. The molecule has 0 saturated carbocycles. The van der Waals surface area contributed by atoms with Crippen LogP contribution in [0.25, 0.3) is 0 Å². The normalized spacial score (nSPS) is 11.2. The molecule has 0 aliphatic heterocycles. The Balaban J connectivity index is 2.79. The average molecular weight is 330 g/mol. The van der Waals surface area contributed by atoms with Crippen molar-refractivity contribution < 1.29 is 22.8 Å². The maximum Gasteiger partial charge on any atom is 0.416 e. The molecule has 0 aliphatic rings. The Morgan fingerprint density at radius 1 is 1.22 bits per heavy atom. The monoisotopic (exact) mass is 330 g/mol. The minimum Gasteiger partial charge on any atom is -0.355 e. The van der Waals surface area contributed by atoms with Gasteiger partial charge in [0.2, 0.25) is 11.8 Å². The Hall–Kier alpha value is -2.05. The van der Waals surface area contributed by atoms with Gasteiger partial charge in [0.1, 0.15) is 6.54 Å². The van der Waals surface area contributed by atoms with Crippen molar-refractivity contribution in [3.8, 4) is 0 Å². The molecule has 1 N–H and O–H groups in total. The lowest BCUT2D eigenvalue weighted by molar-refractivity contribution is -0.137. The van der Waals surface area contributed by atoms with Crippen LogP contribution in [0.15, 0.2) is 24.3 Å². The molecule has 0 bridgehead atoms. The SMILES string of the molecule is CCCCCNC(=O)CN(C(C)=O)c1cccc(C(F)(F)F)c1. The minimum atomic E-state index is -4.50. The summed E-state index contributed by atoms with van der Waals surface area (Å²) in [6.45, 7) is 3.43. The number of nitrogens with zero attached hydrogens (tertiary/aromatic N) is 1. The number of hydrogen-bond acceptors (Lipinski definition) is 2. The summed E-state index contributed by atoms with van der Waals surface area (Å²) in [6, 6.07) is 4.38. The minimum absolute atomic E-state index is 0.0519. The molecule has 0 aromatic heterocycles. The van der Waals surface area contributed by atoms with Gasteiger partial charge in [-0.05, 0) is 24.6 Å². The van der Waals surface area contributed by atoms with E-state index in [0.717, 1.165) is 36.3 Å². The lowest BCUT2D eigenvalue weighted by Gasteiger charge is -2.21. The van der Waals surface area contributed by atoms with Crippen molar-refractivity contribution in [2.75, 3.05) is 18.0 Å². The van der Waals surface area contributed by atoms with Gasteiger partial charge < -0.3 is 10.2 Å². The first-order valence-corrected chi connectivity index (χ1v) is 7.47. The lowest BCUT2D eigenvalue weighted by Crippen LogP contribution is -2.40. The molecule has 7 heteroatoms. The number of halogens is 3. The third-order valence-electron chi connectivity index (χ3n) is 3.27. The van der Waals surface area contributed by atoms with Gasteiger partial charge in [-0.3, -0.25) is 9.59 Å². The number of hydrogen-bond donors (Lipinski definition) is 1. The molecule has 0 atom stereocenters. The lowest BCUT2D eigenvalue weighted by atomic mass is 10.1. The second-order valence-corrected chi connectivity index (χ2v) is 5.21. The molecule has 0 heterocycles. The molecule has 128 valence electrons. The fraction of sp³-hybridized carbons (Fsp3) is 0.500. The number of unbranched alkanes of at least 4 members (excludes halogenated alkanes) is 2. The zero-order valence-corrected chi connectivity index (χ0v) is 13.2. The second kappa shape index (κ2) is 8.55. The highest BCUT2D eigenvalue weighted by molar-refractivity contribution is 5.97. The van der Waals surface area contributed by atoms with Crippen molar-refractivity contribution >= 4 is 17.5 Å². The van der Waals surface area contributed by atoms with E-state index in [9.17, 15) is 22.8 Å². The Kier molecular flexibility index (Phi) is 7.06. The molecule has 0 radical (unpaired) electrons. The Morgan fingerprint density at radius 3 is 2.48 bits per heavy atom. The first kappa shape index (κ1) is 19.0. The van der Waals surface area contributed by atoms with Crippen molar-refractivity contribution in [1.82, 2.24) is 5.32 Å². The van der Waals surface area contributed by atoms with Crippen LogP contribution in [-0.2, 0) is 15.8 Å². The maximum absolute atomic E-state index is 12.8. The summed E-state index contributed by atoms with van der Waals surface area (Å²) in [5.74, 6) is -0.887. The third-order valence-corrected chi connectivity index (χ3v) is 3.27. The summed E-state index contributed by atoms with van der Waals surface area (Å²) < 4.78 is 38.3. The quantitative estimate of drug-likeness (QED) is 0.779. The van der Waals surface area contributed by atoms with Crippen molar-refractivity contribution in [3.05, 3.63) is 29.8 Å². The van der Waals surface area contributed by atoms with Gasteiger partial charge in [-0.15, -0.1) is 0 Å². The van der Waals surface area contributed by atoms with E-state index in [-0.39, 0.29) is 12.2 Å². The molecule has 4 nitrogen and oxygen atoms in total. The molecule has 0 saturated heterocycles. The number of anilines is 1. The summed E-state index contributed by atoms with van der Waals surface area (Å²) in [5.41, 5.74) is -0.805. The van der Waals surface area contributed by atoms with E-state index < -0.39 is 23.6 Å². The zero-order valence-electron chi connectivity index (χ0n) is 13.2. The van der Waals surface area contributed by atoms with E-state index in [1.165, 1.54) is 19.1 Å². The summed E-state index contributed by atoms with van der Waals surface area (Å²) >= 11 is 0. The molecule has 1 aromatic carbocycles. The van der Waals surface area contributed by atoms with Crippen LogP contribution in [-0.4, -0.2) is 24.9 Å². The second-order valence-electron chi connectivity index (χ2n) is 5.21. The van der Waals surface area contributed by atoms with E-state index in [2.05, 4.69) is 5.32 Å². The number of nitrogens with one attached hydrogen (secondary N) is 1. The van der Waals surface area contributed by atoms with Gasteiger partial charge in [0.25, 0.3) is 0 Å². The molecule has 0 aliphatic carbocycles. The topological polar surface area (TPSA) is 49.4 Å². The summed E-state index contributed by atoms with van der Waals surface area (Å²) in [4.78, 5) is 24.6. The third kappa shape index (κ3) is 6.30. The Labute approximate surface area is 133 Å².